The number of rotatable bonds is 6. The third-order valence-corrected chi connectivity index (χ3v) is 6.04. The lowest BCUT2D eigenvalue weighted by molar-refractivity contribution is -0.122. The number of thioether (sulfide) groups is 1. The summed E-state index contributed by atoms with van der Waals surface area (Å²) in [6, 6.07) is 15.4. The third-order valence-electron chi connectivity index (χ3n) is 4.13. The van der Waals surface area contributed by atoms with Gasteiger partial charge in [0.15, 0.2) is 0 Å². The number of amides is 2. The van der Waals surface area contributed by atoms with Crippen molar-refractivity contribution in [2.45, 2.75) is 19.8 Å². The Hall–Kier alpha value is -1.96. The minimum Gasteiger partial charge on any atom is -0.326 e. The fourth-order valence-corrected chi connectivity index (χ4v) is 4.32. The van der Waals surface area contributed by atoms with Gasteiger partial charge in [0.1, 0.15) is 4.32 Å². The lowest BCUT2D eigenvalue weighted by Gasteiger charge is -2.14. The minimum absolute atomic E-state index is 0.0681. The molecule has 0 spiro atoms. The van der Waals surface area contributed by atoms with E-state index in [1.807, 2.05) is 61.5 Å². The molecule has 0 atom stereocenters. The summed E-state index contributed by atoms with van der Waals surface area (Å²) < 4.78 is 1.52. The highest BCUT2D eigenvalue weighted by Gasteiger charge is 2.31. The summed E-state index contributed by atoms with van der Waals surface area (Å²) in [4.78, 5) is 26.9. The van der Waals surface area contributed by atoms with E-state index in [0.717, 1.165) is 21.3 Å². The number of hydrogen-bond acceptors (Lipinski definition) is 4. The second-order valence-corrected chi connectivity index (χ2v) is 9.00. The van der Waals surface area contributed by atoms with E-state index in [4.69, 9.17) is 12.2 Å². The average Bonchev–Trinajstić information content (AvgIpc) is 2.91. The Balaban J connectivity index is 1.53. The molecule has 1 saturated heterocycles. The first-order chi connectivity index (χ1) is 13.4. The molecule has 0 aliphatic carbocycles. The predicted octanol–water partition coefficient (Wildman–Crippen LogP) is 5.38. The standard InChI is InChI=1S/C21H19BrN2O2S2/c1-14-4-2-5-17(12-14)23-19(25)6-3-11-24-20(26)18(28-21(24)27)13-15-7-9-16(22)10-8-15/h2,4-5,7-10,12-13H,3,6,11H2,1H3,(H,23,25)/b18-13-. The van der Waals surface area contributed by atoms with Gasteiger partial charge in [0.05, 0.1) is 4.91 Å². The number of benzene rings is 2. The molecule has 1 aliphatic heterocycles. The second-order valence-electron chi connectivity index (χ2n) is 6.41. The molecule has 2 aromatic rings. The molecule has 0 radical (unpaired) electrons. The smallest absolute Gasteiger partial charge is 0.266 e. The van der Waals surface area contributed by atoms with Crippen LogP contribution in [0.15, 0.2) is 57.9 Å². The van der Waals surface area contributed by atoms with Gasteiger partial charge in [-0.15, -0.1) is 0 Å². The normalized spacial score (nSPS) is 15.4. The Labute approximate surface area is 182 Å². The highest BCUT2D eigenvalue weighted by atomic mass is 79.9. The van der Waals surface area contributed by atoms with Crippen molar-refractivity contribution >= 4 is 67.8 Å². The van der Waals surface area contributed by atoms with Gasteiger partial charge >= 0.3 is 0 Å². The van der Waals surface area contributed by atoms with Crippen LogP contribution in [-0.2, 0) is 9.59 Å². The first-order valence-corrected chi connectivity index (χ1v) is 10.8. The van der Waals surface area contributed by atoms with Gasteiger partial charge in [-0.25, -0.2) is 0 Å². The number of nitrogens with zero attached hydrogens (tertiary/aromatic N) is 1. The molecule has 4 nitrogen and oxygen atoms in total. The van der Waals surface area contributed by atoms with Gasteiger partial charge in [0.25, 0.3) is 5.91 Å². The van der Waals surface area contributed by atoms with Crippen LogP contribution in [0.2, 0.25) is 0 Å². The number of halogens is 1. The van der Waals surface area contributed by atoms with Gasteiger partial charge in [-0.3, -0.25) is 14.5 Å². The molecule has 2 amide bonds. The lowest BCUT2D eigenvalue weighted by atomic mass is 10.2. The van der Waals surface area contributed by atoms with E-state index in [0.29, 0.717) is 28.6 Å². The third kappa shape index (κ3) is 5.53. The van der Waals surface area contributed by atoms with E-state index in [1.54, 1.807) is 4.90 Å². The van der Waals surface area contributed by atoms with E-state index < -0.39 is 0 Å². The van der Waals surface area contributed by atoms with E-state index in [1.165, 1.54) is 11.8 Å². The SMILES string of the molecule is Cc1cccc(NC(=O)CCCN2C(=O)/C(=C/c3ccc(Br)cc3)SC2=S)c1. The van der Waals surface area contributed by atoms with Gasteiger partial charge in [0.2, 0.25) is 5.91 Å². The maximum Gasteiger partial charge on any atom is 0.266 e. The Morgan fingerprint density at radius 2 is 2.00 bits per heavy atom. The van der Waals surface area contributed by atoms with Gasteiger partial charge in [-0.05, 0) is 54.8 Å². The molecule has 0 saturated carbocycles. The summed E-state index contributed by atoms with van der Waals surface area (Å²) >= 11 is 10.0. The van der Waals surface area contributed by atoms with Crippen molar-refractivity contribution in [3.63, 3.8) is 0 Å². The lowest BCUT2D eigenvalue weighted by Crippen LogP contribution is -2.29. The molecule has 144 valence electrons. The van der Waals surface area contributed by atoms with Crippen LogP contribution in [0, 0.1) is 6.92 Å². The Kier molecular flexibility index (Phi) is 7.04. The Morgan fingerprint density at radius 1 is 1.25 bits per heavy atom. The first-order valence-electron chi connectivity index (χ1n) is 8.80. The van der Waals surface area contributed by atoms with Gasteiger partial charge in [0, 0.05) is 23.1 Å². The average molecular weight is 475 g/mol. The fraction of sp³-hybridized carbons (Fsp3) is 0.190. The maximum atomic E-state index is 12.6. The van der Waals surface area contributed by atoms with E-state index in [9.17, 15) is 9.59 Å². The van der Waals surface area contributed by atoms with Crippen molar-refractivity contribution in [1.29, 1.82) is 0 Å². The summed E-state index contributed by atoms with van der Waals surface area (Å²) in [5.41, 5.74) is 2.82. The quantitative estimate of drug-likeness (QED) is 0.451. The minimum atomic E-state index is -0.1000. The number of carbonyl (C=O) groups excluding carboxylic acids is 2. The number of nitrogens with one attached hydrogen (secondary N) is 1. The van der Waals surface area contributed by atoms with Crippen molar-refractivity contribution < 1.29 is 9.59 Å². The Bertz CT molecular complexity index is 942. The molecule has 1 heterocycles. The van der Waals surface area contributed by atoms with Crippen molar-refractivity contribution in [3.05, 3.63) is 69.0 Å². The number of hydrogen-bond donors (Lipinski definition) is 1. The topological polar surface area (TPSA) is 49.4 Å². The van der Waals surface area contributed by atoms with E-state index in [2.05, 4.69) is 21.2 Å². The van der Waals surface area contributed by atoms with Crippen molar-refractivity contribution in [2.75, 3.05) is 11.9 Å². The molecule has 0 unspecified atom stereocenters. The van der Waals surface area contributed by atoms with Crippen molar-refractivity contribution in [2.24, 2.45) is 0 Å². The summed E-state index contributed by atoms with van der Waals surface area (Å²) in [6.07, 6.45) is 2.72. The van der Waals surface area contributed by atoms with Crippen LogP contribution in [0.5, 0.6) is 0 Å². The maximum absolute atomic E-state index is 12.6. The molecule has 7 heteroatoms. The molecule has 2 aromatic carbocycles. The monoisotopic (exact) mass is 474 g/mol. The van der Waals surface area contributed by atoms with Crippen LogP contribution in [0.25, 0.3) is 6.08 Å². The largest absolute Gasteiger partial charge is 0.326 e. The van der Waals surface area contributed by atoms with Gasteiger partial charge in [-0.2, -0.15) is 0 Å². The second kappa shape index (κ2) is 9.49. The summed E-state index contributed by atoms with van der Waals surface area (Å²) in [6.45, 7) is 2.41. The number of anilines is 1. The molecular formula is C21H19BrN2O2S2. The molecule has 1 aliphatic rings. The molecule has 0 aromatic heterocycles. The van der Waals surface area contributed by atoms with Crippen LogP contribution < -0.4 is 5.32 Å². The first kappa shape index (κ1) is 20.8. The van der Waals surface area contributed by atoms with E-state index >= 15 is 0 Å². The summed E-state index contributed by atoms with van der Waals surface area (Å²) in [5.74, 6) is -0.168. The zero-order valence-corrected chi connectivity index (χ0v) is 18.5. The predicted molar refractivity (Wildman–Crippen MR) is 123 cm³/mol. The summed E-state index contributed by atoms with van der Waals surface area (Å²) in [7, 11) is 0. The highest BCUT2D eigenvalue weighted by molar-refractivity contribution is 9.10. The zero-order valence-electron chi connectivity index (χ0n) is 15.3. The van der Waals surface area contributed by atoms with Crippen LogP contribution in [0.1, 0.15) is 24.0 Å². The molecular weight excluding hydrogens is 456 g/mol. The molecule has 28 heavy (non-hydrogen) atoms. The van der Waals surface area contributed by atoms with E-state index in [-0.39, 0.29) is 11.8 Å². The van der Waals surface area contributed by atoms with Crippen LogP contribution >= 0.6 is 39.9 Å². The van der Waals surface area contributed by atoms with Crippen LogP contribution in [0.4, 0.5) is 5.69 Å². The molecule has 0 bridgehead atoms. The number of thiocarbonyl (C=S) groups is 1. The molecule has 3 rings (SSSR count). The van der Waals surface area contributed by atoms with Crippen molar-refractivity contribution in [1.82, 2.24) is 4.90 Å². The van der Waals surface area contributed by atoms with Gasteiger partial charge in [-0.1, -0.05) is 64.2 Å². The zero-order chi connectivity index (χ0) is 20.1. The van der Waals surface area contributed by atoms with Crippen molar-refractivity contribution in [3.8, 4) is 0 Å². The van der Waals surface area contributed by atoms with Crippen LogP contribution in [0.3, 0.4) is 0 Å². The number of carbonyl (C=O) groups is 2. The highest BCUT2D eigenvalue weighted by Crippen LogP contribution is 2.32. The van der Waals surface area contributed by atoms with Crippen LogP contribution in [-0.4, -0.2) is 27.6 Å². The number of aryl methyl sites for hydroxylation is 1. The van der Waals surface area contributed by atoms with Gasteiger partial charge < -0.3 is 5.32 Å². The fourth-order valence-electron chi connectivity index (χ4n) is 2.75. The molecule has 1 fully saturated rings. The summed E-state index contributed by atoms with van der Waals surface area (Å²) in [5, 5.41) is 2.88. The molecule has 1 N–H and O–H groups in total. The Morgan fingerprint density at radius 3 is 2.71 bits per heavy atom.